The van der Waals surface area contributed by atoms with Crippen molar-refractivity contribution < 1.29 is 14.3 Å². The summed E-state index contributed by atoms with van der Waals surface area (Å²) in [4.78, 5) is 24.6. The number of nitrogens with one attached hydrogen (secondary N) is 1. The minimum absolute atomic E-state index is 0.134. The SMILES string of the molecule is CN(C(=O)OC(C)(C)C)C(CNC(N)=O)c1ccccc1Cl. The Labute approximate surface area is 135 Å². The van der Waals surface area contributed by atoms with Crippen LogP contribution in [0.3, 0.4) is 0 Å². The van der Waals surface area contributed by atoms with Gasteiger partial charge >= 0.3 is 12.1 Å². The van der Waals surface area contributed by atoms with Gasteiger partial charge in [0, 0.05) is 18.6 Å². The maximum atomic E-state index is 12.2. The Bertz CT molecular complexity index is 543. The molecule has 0 aliphatic carbocycles. The Balaban J connectivity index is 3.02. The van der Waals surface area contributed by atoms with Crippen LogP contribution in [0.5, 0.6) is 0 Å². The molecule has 3 amide bonds. The summed E-state index contributed by atoms with van der Waals surface area (Å²) in [6.45, 7) is 5.48. The molecule has 1 rings (SSSR count). The molecule has 1 unspecified atom stereocenters. The maximum absolute atomic E-state index is 12.2. The molecule has 0 fully saturated rings. The number of carbonyl (C=O) groups is 2. The van der Waals surface area contributed by atoms with Gasteiger partial charge in [0.05, 0.1) is 6.04 Å². The molecule has 0 aliphatic heterocycles. The van der Waals surface area contributed by atoms with Crippen LogP contribution in [0.2, 0.25) is 5.02 Å². The molecule has 1 atom stereocenters. The normalized spacial score (nSPS) is 12.4. The molecule has 1 aromatic rings. The van der Waals surface area contributed by atoms with Gasteiger partial charge in [-0.3, -0.25) is 0 Å². The lowest BCUT2D eigenvalue weighted by atomic mass is 10.1. The van der Waals surface area contributed by atoms with Gasteiger partial charge in [0.1, 0.15) is 5.60 Å². The van der Waals surface area contributed by atoms with E-state index in [2.05, 4.69) is 5.32 Å². The van der Waals surface area contributed by atoms with Crippen molar-refractivity contribution in [2.45, 2.75) is 32.4 Å². The standard InChI is InChI=1S/C15H22ClN3O3/c1-15(2,3)22-14(21)19(4)12(9-18-13(17)20)10-7-5-6-8-11(10)16/h5-8,12H,9H2,1-4H3,(H3,17,18,20). The van der Waals surface area contributed by atoms with Gasteiger partial charge in [-0.2, -0.15) is 0 Å². The summed E-state index contributed by atoms with van der Waals surface area (Å²) in [5.74, 6) is 0. The van der Waals surface area contributed by atoms with E-state index < -0.39 is 23.8 Å². The van der Waals surface area contributed by atoms with Crippen molar-refractivity contribution in [3.8, 4) is 0 Å². The minimum Gasteiger partial charge on any atom is -0.444 e. The Morgan fingerprint density at radius 3 is 2.45 bits per heavy atom. The first-order valence-electron chi connectivity index (χ1n) is 6.85. The number of rotatable bonds is 4. The third kappa shape index (κ3) is 5.44. The van der Waals surface area contributed by atoms with Crippen molar-refractivity contribution in [2.24, 2.45) is 5.73 Å². The molecule has 0 heterocycles. The monoisotopic (exact) mass is 327 g/mol. The molecule has 0 bridgehead atoms. The molecule has 3 N–H and O–H groups in total. The van der Waals surface area contributed by atoms with Crippen molar-refractivity contribution in [1.29, 1.82) is 0 Å². The highest BCUT2D eigenvalue weighted by Gasteiger charge is 2.27. The number of urea groups is 1. The van der Waals surface area contributed by atoms with Crippen molar-refractivity contribution in [1.82, 2.24) is 10.2 Å². The number of hydrogen-bond acceptors (Lipinski definition) is 3. The van der Waals surface area contributed by atoms with Crippen molar-refractivity contribution in [3.05, 3.63) is 34.9 Å². The fourth-order valence-corrected chi connectivity index (χ4v) is 2.12. The van der Waals surface area contributed by atoms with Crippen LogP contribution in [0.1, 0.15) is 32.4 Å². The number of primary amides is 1. The first kappa shape index (κ1) is 18.1. The molecule has 6 nitrogen and oxygen atoms in total. The predicted octanol–water partition coefficient (Wildman–Crippen LogP) is 2.92. The highest BCUT2D eigenvalue weighted by atomic mass is 35.5. The number of likely N-dealkylation sites (N-methyl/N-ethyl adjacent to an activating group) is 1. The third-order valence-electron chi connectivity index (χ3n) is 2.88. The van der Waals surface area contributed by atoms with Crippen LogP contribution in [-0.4, -0.2) is 36.2 Å². The largest absolute Gasteiger partial charge is 0.444 e. The number of hydrogen-bond donors (Lipinski definition) is 2. The van der Waals surface area contributed by atoms with Crippen LogP contribution in [0.25, 0.3) is 0 Å². The molecular weight excluding hydrogens is 306 g/mol. The van der Waals surface area contributed by atoms with E-state index in [0.29, 0.717) is 10.6 Å². The average molecular weight is 328 g/mol. The molecule has 0 aromatic heterocycles. The van der Waals surface area contributed by atoms with Gasteiger partial charge in [-0.15, -0.1) is 0 Å². The van der Waals surface area contributed by atoms with Crippen LogP contribution in [0, 0.1) is 0 Å². The molecular formula is C15H22ClN3O3. The molecule has 0 radical (unpaired) electrons. The molecule has 0 saturated carbocycles. The molecule has 1 aromatic carbocycles. The lowest BCUT2D eigenvalue weighted by molar-refractivity contribution is 0.0221. The topological polar surface area (TPSA) is 84.7 Å². The Kier molecular flexibility index (Phi) is 6.05. The van der Waals surface area contributed by atoms with Gasteiger partial charge in [-0.1, -0.05) is 29.8 Å². The fourth-order valence-electron chi connectivity index (χ4n) is 1.86. The lowest BCUT2D eigenvalue weighted by Crippen LogP contribution is -2.42. The van der Waals surface area contributed by atoms with Gasteiger partial charge in [0.2, 0.25) is 0 Å². The average Bonchev–Trinajstić information content (AvgIpc) is 2.38. The molecule has 22 heavy (non-hydrogen) atoms. The summed E-state index contributed by atoms with van der Waals surface area (Å²) in [6.07, 6.45) is -0.510. The zero-order valence-corrected chi connectivity index (χ0v) is 14.0. The van der Waals surface area contributed by atoms with E-state index >= 15 is 0 Å². The second-order valence-electron chi connectivity index (χ2n) is 5.87. The third-order valence-corrected chi connectivity index (χ3v) is 3.23. The van der Waals surface area contributed by atoms with Crippen LogP contribution in [0.15, 0.2) is 24.3 Å². The molecule has 7 heteroatoms. The number of benzene rings is 1. The number of carbonyl (C=O) groups excluding carboxylic acids is 2. The number of nitrogens with two attached hydrogens (primary N) is 1. The van der Waals surface area contributed by atoms with E-state index in [1.807, 2.05) is 0 Å². The van der Waals surface area contributed by atoms with Crippen molar-refractivity contribution in [3.63, 3.8) is 0 Å². The van der Waals surface area contributed by atoms with Crippen LogP contribution in [0.4, 0.5) is 9.59 Å². The number of nitrogens with zero attached hydrogens (tertiary/aromatic N) is 1. The van der Waals surface area contributed by atoms with Crippen LogP contribution in [-0.2, 0) is 4.74 Å². The zero-order chi connectivity index (χ0) is 16.9. The summed E-state index contributed by atoms with van der Waals surface area (Å²) in [5.41, 5.74) is 5.20. The lowest BCUT2D eigenvalue weighted by Gasteiger charge is -2.31. The minimum atomic E-state index is -0.672. The van der Waals surface area contributed by atoms with Crippen molar-refractivity contribution >= 4 is 23.7 Å². The summed E-state index contributed by atoms with van der Waals surface area (Å²) >= 11 is 6.19. The highest BCUT2D eigenvalue weighted by molar-refractivity contribution is 6.31. The second-order valence-corrected chi connectivity index (χ2v) is 6.28. The summed E-state index contributed by atoms with van der Waals surface area (Å²) in [6, 6.07) is 5.94. The second kappa shape index (κ2) is 7.35. The Hall–Kier alpha value is -1.95. The number of amides is 3. The van der Waals surface area contributed by atoms with E-state index in [-0.39, 0.29) is 6.54 Å². The fraction of sp³-hybridized carbons (Fsp3) is 0.467. The first-order chi connectivity index (χ1) is 10.1. The Morgan fingerprint density at radius 1 is 1.36 bits per heavy atom. The maximum Gasteiger partial charge on any atom is 0.410 e. The van der Waals surface area contributed by atoms with Gasteiger partial charge < -0.3 is 20.7 Å². The highest BCUT2D eigenvalue weighted by Crippen LogP contribution is 2.27. The summed E-state index contributed by atoms with van der Waals surface area (Å²) in [5, 5.41) is 3.00. The summed E-state index contributed by atoms with van der Waals surface area (Å²) in [7, 11) is 1.59. The van der Waals surface area contributed by atoms with Gasteiger partial charge in [-0.05, 0) is 32.4 Å². The van der Waals surface area contributed by atoms with Crippen molar-refractivity contribution in [2.75, 3.05) is 13.6 Å². The number of halogens is 1. The van der Waals surface area contributed by atoms with E-state index in [1.165, 1.54) is 4.90 Å². The van der Waals surface area contributed by atoms with E-state index in [0.717, 1.165) is 0 Å². The predicted molar refractivity (Wildman–Crippen MR) is 85.8 cm³/mol. The molecule has 0 saturated heterocycles. The van der Waals surface area contributed by atoms with E-state index in [1.54, 1.807) is 52.1 Å². The van der Waals surface area contributed by atoms with E-state index in [9.17, 15) is 9.59 Å². The van der Waals surface area contributed by atoms with Gasteiger partial charge in [0.25, 0.3) is 0 Å². The van der Waals surface area contributed by atoms with Crippen LogP contribution < -0.4 is 11.1 Å². The van der Waals surface area contributed by atoms with Gasteiger partial charge in [-0.25, -0.2) is 9.59 Å². The zero-order valence-electron chi connectivity index (χ0n) is 13.2. The summed E-state index contributed by atoms with van der Waals surface area (Å²) < 4.78 is 5.35. The first-order valence-corrected chi connectivity index (χ1v) is 7.23. The smallest absolute Gasteiger partial charge is 0.410 e. The molecule has 122 valence electrons. The van der Waals surface area contributed by atoms with E-state index in [4.69, 9.17) is 22.1 Å². The quantitative estimate of drug-likeness (QED) is 0.891. The van der Waals surface area contributed by atoms with Gasteiger partial charge in [0.15, 0.2) is 0 Å². The number of ether oxygens (including phenoxy) is 1. The molecule has 0 aliphatic rings. The Morgan fingerprint density at radius 2 is 1.95 bits per heavy atom. The molecule has 0 spiro atoms. The van der Waals surface area contributed by atoms with Crippen LogP contribution >= 0.6 is 11.6 Å².